The lowest BCUT2D eigenvalue weighted by Gasteiger charge is -2.42. The molecule has 0 bridgehead atoms. The molecule has 0 amide bonds. The van der Waals surface area contributed by atoms with Crippen molar-refractivity contribution in [1.82, 2.24) is 0 Å². The molecular weight excluding hydrogens is 945 g/mol. The third kappa shape index (κ3) is 33.1. The van der Waals surface area contributed by atoms with E-state index in [1.165, 1.54) is 103 Å². The van der Waals surface area contributed by atoms with E-state index < -0.39 is 80.7 Å². The van der Waals surface area contributed by atoms with Crippen LogP contribution in [0, 0.1) is 0 Å². The highest BCUT2D eigenvalue weighted by molar-refractivity contribution is 5.69. The van der Waals surface area contributed by atoms with Gasteiger partial charge in [-0.3, -0.25) is 4.79 Å². The molecule has 0 aromatic heterocycles. The van der Waals surface area contributed by atoms with Gasteiger partial charge in [-0.05, 0) is 77.0 Å². The Bertz CT molecular complexity index is 1450. The molecular formula is C60H106O14. The number of carbonyl (C=O) groups is 1. The highest BCUT2D eigenvalue weighted by Gasteiger charge is 2.47. The monoisotopic (exact) mass is 1050 g/mol. The number of aliphatic hydroxyl groups is 7. The van der Waals surface area contributed by atoms with Crippen LogP contribution in [0.5, 0.6) is 0 Å². The van der Waals surface area contributed by atoms with E-state index in [-0.39, 0.29) is 25.6 Å². The van der Waals surface area contributed by atoms with E-state index in [1.54, 1.807) is 0 Å². The van der Waals surface area contributed by atoms with Gasteiger partial charge in [-0.1, -0.05) is 190 Å². The first kappa shape index (κ1) is 67.8. The summed E-state index contributed by atoms with van der Waals surface area (Å²) in [4.78, 5) is 13.0. The molecule has 2 heterocycles. The number of ether oxygens (including phenoxy) is 6. The summed E-state index contributed by atoms with van der Waals surface area (Å²) in [5.41, 5.74) is 0. The predicted molar refractivity (Wildman–Crippen MR) is 293 cm³/mol. The Hall–Kier alpha value is -2.31. The molecule has 14 heteroatoms. The quantitative estimate of drug-likeness (QED) is 0.0172. The molecule has 0 aliphatic carbocycles. The van der Waals surface area contributed by atoms with Gasteiger partial charge in [0.15, 0.2) is 12.6 Å². The zero-order chi connectivity index (χ0) is 53.7. The lowest BCUT2D eigenvalue weighted by Crippen LogP contribution is -2.61. The first-order valence-corrected chi connectivity index (χ1v) is 29.4. The molecule has 2 fully saturated rings. The zero-order valence-corrected chi connectivity index (χ0v) is 46.1. The molecule has 0 saturated carbocycles. The predicted octanol–water partition coefficient (Wildman–Crippen LogP) is 10.5. The summed E-state index contributed by atoms with van der Waals surface area (Å²) in [5.74, 6) is -0.385. The van der Waals surface area contributed by atoms with Crippen LogP contribution in [0.3, 0.4) is 0 Å². The lowest BCUT2D eigenvalue weighted by atomic mass is 9.98. The largest absolute Gasteiger partial charge is 0.457 e. The minimum Gasteiger partial charge on any atom is -0.457 e. The van der Waals surface area contributed by atoms with Gasteiger partial charge in [0, 0.05) is 13.0 Å². The second kappa shape index (κ2) is 46.8. The average Bonchev–Trinajstić information content (AvgIpc) is 3.40. The van der Waals surface area contributed by atoms with Gasteiger partial charge in [-0.15, -0.1) is 0 Å². The van der Waals surface area contributed by atoms with Crippen molar-refractivity contribution in [2.45, 2.75) is 280 Å². The highest BCUT2D eigenvalue weighted by atomic mass is 16.7. The van der Waals surface area contributed by atoms with Crippen LogP contribution in [0.1, 0.15) is 213 Å². The minimum absolute atomic E-state index is 0.0565. The molecule has 11 unspecified atom stereocenters. The van der Waals surface area contributed by atoms with Gasteiger partial charge < -0.3 is 64.2 Å². The number of hydrogen-bond acceptors (Lipinski definition) is 14. The van der Waals surface area contributed by atoms with Crippen molar-refractivity contribution in [3.63, 3.8) is 0 Å². The van der Waals surface area contributed by atoms with Crippen molar-refractivity contribution in [2.24, 2.45) is 0 Å². The molecule has 0 aromatic carbocycles. The summed E-state index contributed by atoms with van der Waals surface area (Å²) in [6.07, 6.45) is 41.4. The molecule has 430 valence electrons. The fourth-order valence-electron chi connectivity index (χ4n) is 9.04. The third-order valence-electron chi connectivity index (χ3n) is 13.8. The average molecular weight is 1050 g/mol. The summed E-state index contributed by atoms with van der Waals surface area (Å²) in [5, 5.41) is 72.3. The number of esters is 1. The van der Waals surface area contributed by atoms with Gasteiger partial charge in [-0.25, -0.2) is 0 Å². The fraction of sp³-hybridized carbons (Fsp3) is 0.817. The van der Waals surface area contributed by atoms with Crippen LogP contribution in [-0.4, -0.2) is 142 Å². The highest BCUT2D eigenvalue weighted by Crippen LogP contribution is 2.27. The Morgan fingerprint density at radius 2 is 0.878 bits per heavy atom. The maximum atomic E-state index is 13.0. The van der Waals surface area contributed by atoms with E-state index in [0.717, 1.165) is 83.5 Å². The molecule has 7 N–H and O–H groups in total. The molecule has 14 nitrogen and oxygen atoms in total. The minimum atomic E-state index is -1.71. The summed E-state index contributed by atoms with van der Waals surface area (Å²) < 4.78 is 34.4. The lowest BCUT2D eigenvalue weighted by molar-refractivity contribution is -0.332. The molecule has 0 radical (unpaired) electrons. The maximum absolute atomic E-state index is 13.0. The zero-order valence-electron chi connectivity index (χ0n) is 46.1. The van der Waals surface area contributed by atoms with Crippen LogP contribution < -0.4 is 0 Å². The van der Waals surface area contributed by atoms with Crippen LogP contribution in [-0.2, 0) is 33.2 Å². The second-order valence-corrected chi connectivity index (χ2v) is 20.4. The van der Waals surface area contributed by atoms with E-state index >= 15 is 0 Å². The van der Waals surface area contributed by atoms with E-state index in [0.29, 0.717) is 13.0 Å². The van der Waals surface area contributed by atoms with Crippen LogP contribution in [0.4, 0.5) is 0 Å². The molecule has 74 heavy (non-hydrogen) atoms. The number of carbonyl (C=O) groups excluding carboxylic acids is 1. The van der Waals surface area contributed by atoms with Gasteiger partial charge in [0.1, 0.15) is 54.9 Å². The number of unbranched alkanes of at least 4 members (excludes halogenated alkanes) is 23. The van der Waals surface area contributed by atoms with Gasteiger partial charge in [0.2, 0.25) is 0 Å². The van der Waals surface area contributed by atoms with E-state index in [1.807, 2.05) is 0 Å². The summed E-state index contributed by atoms with van der Waals surface area (Å²) >= 11 is 0. The number of rotatable bonds is 47. The summed E-state index contributed by atoms with van der Waals surface area (Å²) in [6, 6.07) is 0. The fourth-order valence-corrected chi connectivity index (χ4v) is 9.04. The summed E-state index contributed by atoms with van der Waals surface area (Å²) in [7, 11) is 0. The molecule has 0 spiro atoms. The second-order valence-electron chi connectivity index (χ2n) is 20.4. The summed E-state index contributed by atoms with van der Waals surface area (Å²) in [6.45, 7) is 3.56. The van der Waals surface area contributed by atoms with Gasteiger partial charge >= 0.3 is 5.97 Å². The van der Waals surface area contributed by atoms with Crippen LogP contribution in [0.2, 0.25) is 0 Å². The van der Waals surface area contributed by atoms with E-state index in [4.69, 9.17) is 28.4 Å². The Morgan fingerprint density at radius 3 is 1.39 bits per heavy atom. The molecule has 2 aliphatic rings. The molecule has 2 aliphatic heterocycles. The number of aliphatic hydroxyl groups excluding tert-OH is 7. The smallest absolute Gasteiger partial charge is 0.306 e. The Morgan fingerprint density at radius 1 is 0.459 bits per heavy atom. The Balaban J connectivity index is 1.68. The van der Waals surface area contributed by atoms with Crippen LogP contribution in [0.15, 0.2) is 60.8 Å². The van der Waals surface area contributed by atoms with Gasteiger partial charge in [-0.2, -0.15) is 0 Å². The molecule has 2 saturated heterocycles. The third-order valence-corrected chi connectivity index (χ3v) is 13.8. The normalized spacial score (nSPS) is 25.2. The SMILES string of the molecule is CC/C=C\C/C=C\C/C=C\C/C=C\CCCCCCCCCCCCCCCOCC(COC1OC(COC2OC(CO)C(O)C(O)C2O)C(O)C(O)C1O)OC(=O)CCCCCCC/C=C\CCCCCCC. The topological polar surface area (TPSA) is 214 Å². The van der Waals surface area contributed by atoms with Crippen molar-refractivity contribution in [1.29, 1.82) is 0 Å². The Labute approximate surface area is 447 Å². The first-order valence-electron chi connectivity index (χ1n) is 29.4. The van der Waals surface area contributed by atoms with E-state index in [9.17, 15) is 40.5 Å². The number of hydrogen-bond donors (Lipinski definition) is 7. The van der Waals surface area contributed by atoms with Crippen LogP contribution >= 0.6 is 0 Å². The Kier molecular flexibility index (Phi) is 42.8. The van der Waals surface area contributed by atoms with Crippen molar-refractivity contribution in [3.05, 3.63) is 60.8 Å². The standard InChI is InChI=1S/C60H106O14/c1-3-5-7-9-11-13-15-17-19-20-21-22-23-24-25-26-27-28-29-30-32-34-36-38-40-42-44-69-46-49(72-52(62)43-41-39-37-35-33-31-18-16-14-12-10-8-6-4-2)47-70-59-58(68)56(66)54(64)51(74-59)48-71-60-57(67)55(65)53(63)50(45-61)73-60/h5,7,11,13,16-19,21-22,49-51,53-61,63-68H,3-4,6,8-10,12,14-15,20,23-48H2,1-2H3/b7-5-,13-11-,18-16-,19-17-,22-21-. The van der Waals surface area contributed by atoms with Crippen molar-refractivity contribution in [2.75, 3.05) is 33.0 Å². The molecule has 11 atom stereocenters. The maximum Gasteiger partial charge on any atom is 0.306 e. The van der Waals surface area contributed by atoms with Crippen molar-refractivity contribution in [3.8, 4) is 0 Å². The first-order chi connectivity index (χ1) is 36.1. The van der Waals surface area contributed by atoms with Gasteiger partial charge in [0.25, 0.3) is 0 Å². The van der Waals surface area contributed by atoms with E-state index in [2.05, 4.69) is 74.6 Å². The van der Waals surface area contributed by atoms with Crippen molar-refractivity contribution < 1.29 is 69.0 Å². The number of allylic oxidation sites excluding steroid dienone is 10. The van der Waals surface area contributed by atoms with Gasteiger partial charge in [0.05, 0.1) is 26.4 Å². The molecule has 0 aromatic rings. The van der Waals surface area contributed by atoms with Crippen LogP contribution in [0.25, 0.3) is 0 Å². The molecule has 2 rings (SSSR count). The van der Waals surface area contributed by atoms with Crippen molar-refractivity contribution >= 4 is 5.97 Å².